The van der Waals surface area contributed by atoms with Crippen molar-refractivity contribution in [2.24, 2.45) is 4.99 Å². The van der Waals surface area contributed by atoms with Gasteiger partial charge in [-0.3, -0.25) is 4.79 Å². The fourth-order valence-electron chi connectivity index (χ4n) is 3.37. The molecule has 1 aliphatic rings. The van der Waals surface area contributed by atoms with Crippen LogP contribution in [0.4, 0.5) is 4.39 Å². The molecule has 2 aromatic rings. The minimum atomic E-state index is -0.346. The summed E-state index contributed by atoms with van der Waals surface area (Å²) in [6, 6.07) is 16.3. The van der Waals surface area contributed by atoms with Gasteiger partial charge in [0.2, 0.25) is 5.91 Å². The van der Waals surface area contributed by atoms with Gasteiger partial charge in [-0.1, -0.05) is 48.5 Å². The number of aliphatic imine (C=N–C) groups is 1. The molecule has 160 valence electrons. The summed E-state index contributed by atoms with van der Waals surface area (Å²) in [5, 5.41) is 6.44. The number of ether oxygens (including phenoxy) is 1. The summed E-state index contributed by atoms with van der Waals surface area (Å²) in [5.74, 6) is 0.00165. The normalized spacial score (nSPS) is 15.5. The van der Waals surface area contributed by atoms with Crippen LogP contribution in [0.5, 0.6) is 0 Å². The number of carbonyl (C=O) groups is 1. The van der Waals surface area contributed by atoms with Gasteiger partial charge in [-0.15, -0.1) is 0 Å². The largest absolute Gasteiger partial charge is 0.378 e. The summed E-state index contributed by atoms with van der Waals surface area (Å²) in [6.07, 6.45) is 0. The average molecular weight is 413 g/mol. The Morgan fingerprint density at radius 3 is 2.50 bits per heavy atom. The summed E-state index contributed by atoms with van der Waals surface area (Å²) in [4.78, 5) is 19.6. The smallest absolute Gasteiger partial charge is 0.232 e. The van der Waals surface area contributed by atoms with Gasteiger partial charge in [-0.05, 0) is 18.6 Å². The summed E-state index contributed by atoms with van der Waals surface area (Å²) >= 11 is 0. The quantitative estimate of drug-likeness (QED) is 0.542. The Bertz CT molecular complexity index is 838. The molecule has 2 N–H and O–H groups in total. The first-order valence-electron chi connectivity index (χ1n) is 10.4. The molecule has 1 atom stereocenters. The molecule has 0 radical (unpaired) electrons. The van der Waals surface area contributed by atoms with Crippen molar-refractivity contribution in [3.8, 4) is 0 Å². The number of rotatable bonds is 7. The number of amides is 1. The van der Waals surface area contributed by atoms with E-state index in [1.165, 1.54) is 6.07 Å². The van der Waals surface area contributed by atoms with Crippen LogP contribution in [-0.4, -0.2) is 56.2 Å². The lowest BCUT2D eigenvalue weighted by molar-refractivity contribution is -0.136. The van der Waals surface area contributed by atoms with Gasteiger partial charge in [0, 0.05) is 31.7 Å². The molecule has 1 unspecified atom stereocenters. The number of hydrogen-bond donors (Lipinski definition) is 2. The maximum Gasteiger partial charge on any atom is 0.232 e. The van der Waals surface area contributed by atoms with Crippen LogP contribution in [0, 0.1) is 5.82 Å². The molecule has 0 spiro atoms. The van der Waals surface area contributed by atoms with Crippen LogP contribution in [0.15, 0.2) is 59.6 Å². The number of carbonyl (C=O) groups excluding carboxylic acids is 1. The van der Waals surface area contributed by atoms with E-state index >= 15 is 0 Å². The van der Waals surface area contributed by atoms with Gasteiger partial charge in [0.05, 0.1) is 25.7 Å². The van der Waals surface area contributed by atoms with Gasteiger partial charge >= 0.3 is 0 Å². The van der Waals surface area contributed by atoms with Gasteiger partial charge in [-0.2, -0.15) is 0 Å². The second kappa shape index (κ2) is 11.3. The molecular formula is C23H29FN4O2. The zero-order valence-corrected chi connectivity index (χ0v) is 17.3. The number of nitrogens with one attached hydrogen (secondary N) is 2. The monoisotopic (exact) mass is 412 g/mol. The zero-order valence-electron chi connectivity index (χ0n) is 17.3. The third-order valence-electron chi connectivity index (χ3n) is 5.01. The van der Waals surface area contributed by atoms with Crippen molar-refractivity contribution in [3.05, 3.63) is 71.5 Å². The van der Waals surface area contributed by atoms with Gasteiger partial charge < -0.3 is 20.3 Å². The van der Waals surface area contributed by atoms with E-state index in [0.29, 0.717) is 50.9 Å². The average Bonchev–Trinajstić information content (AvgIpc) is 2.79. The first-order chi connectivity index (χ1) is 14.7. The predicted octanol–water partition coefficient (Wildman–Crippen LogP) is 2.52. The summed E-state index contributed by atoms with van der Waals surface area (Å²) in [5.41, 5.74) is 1.48. The number of guanidine groups is 1. The van der Waals surface area contributed by atoms with Crippen LogP contribution in [0.2, 0.25) is 0 Å². The van der Waals surface area contributed by atoms with E-state index in [9.17, 15) is 9.18 Å². The number of hydrogen-bond acceptors (Lipinski definition) is 3. The third kappa shape index (κ3) is 6.03. The van der Waals surface area contributed by atoms with Crippen LogP contribution in [-0.2, 0) is 16.1 Å². The fourth-order valence-corrected chi connectivity index (χ4v) is 3.37. The minimum Gasteiger partial charge on any atom is -0.378 e. The van der Waals surface area contributed by atoms with Crippen molar-refractivity contribution in [3.63, 3.8) is 0 Å². The predicted molar refractivity (Wildman–Crippen MR) is 116 cm³/mol. The Kier molecular flexibility index (Phi) is 8.20. The zero-order chi connectivity index (χ0) is 21.2. The van der Waals surface area contributed by atoms with Crippen LogP contribution in [0.25, 0.3) is 0 Å². The highest BCUT2D eigenvalue weighted by atomic mass is 19.1. The van der Waals surface area contributed by atoms with E-state index in [1.807, 2.05) is 42.2 Å². The third-order valence-corrected chi connectivity index (χ3v) is 5.01. The Morgan fingerprint density at radius 2 is 1.80 bits per heavy atom. The molecule has 1 fully saturated rings. The van der Waals surface area contributed by atoms with Crippen molar-refractivity contribution in [1.82, 2.24) is 15.5 Å². The molecule has 6 nitrogen and oxygen atoms in total. The van der Waals surface area contributed by atoms with E-state index in [2.05, 4.69) is 15.6 Å². The number of morpholine rings is 1. The van der Waals surface area contributed by atoms with Crippen LogP contribution in [0.1, 0.15) is 24.0 Å². The van der Waals surface area contributed by atoms with E-state index < -0.39 is 0 Å². The van der Waals surface area contributed by atoms with Gasteiger partial charge in [0.1, 0.15) is 5.82 Å². The summed E-state index contributed by atoms with van der Waals surface area (Å²) in [6.45, 7) is 5.57. The standard InChI is InChI=1S/C23H29FN4O2/c1-2-25-23(26-16-19-10-6-7-11-21(19)24)27-17-20(18-8-4-3-5-9-18)22(29)28-12-14-30-15-13-28/h3-11,20H,2,12-17H2,1H3,(H2,25,26,27). The number of halogens is 1. The lowest BCUT2D eigenvalue weighted by Crippen LogP contribution is -2.47. The Hall–Kier alpha value is -2.93. The van der Waals surface area contributed by atoms with Crippen molar-refractivity contribution in [2.45, 2.75) is 19.4 Å². The van der Waals surface area contributed by atoms with E-state index in [4.69, 9.17) is 4.74 Å². The highest BCUT2D eigenvalue weighted by Gasteiger charge is 2.27. The number of benzene rings is 2. The summed E-state index contributed by atoms with van der Waals surface area (Å²) < 4.78 is 19.3. The second-order valence-electron chi connectivity index (χ2n) is 7.07. The molecule has 1 heterocycles. The second-order valence-corrected chi connectivity index (χ2v) is 7.07. The molecule has 3 rings (SSSR count). The van der Waals surface area contributed by atoms with Crippen molar-refractivity contribution < 1.29 is 13.9 Å². The minimum absolute atomic E-state index is 0.0713. The van der Waals surface area contributed by atoms with E-state index in [0.717, 1.165) is 5.56 Å². The SMILES string of the molecule is CCNC(=NCc1ccccc1F)NCC(C(=O)N1CCOCC1)c1ccccc1. The molecule has 0 aliphatic carbocycles. The highest BCUT2D eigenvalue weighted by Crippen LogP contribution is 2.19. The maximum atomic E-state index is 13.9. The highest BCUT2D eigenvalue weighted by molar-refractivity contribution is 5.86. The molecular weight excluding hydrogens is 383 g/mol. The first-order valence-corrected chi connectivity index (χ1v) is 10.4. The van der Waals surface area contributed by atoms with Crippen LogP contribution in [0.3, 0.4) is 0 Å². The van der Waals surface area contributed by atoms with E-state index in [1.54, 1.807) is 18.2 Å². The molecule has 1 saturated heterocycles. The molecule has 2 aromatic carbocycles. The molecule has 7 heteroatoms. The fraction of sp³-hybridized carbons (Fsp3) is 0.391. The van der Waals surface area contributed by atoms with Gasteiger partial charge in [-0.25, -0.2) is 9.38 Å². The summed E-state index contributed by atoms with van der Waals surface area (Å²) in [7, 11) is 0. The van der Waals surface area contributed by atoms with Gasteiger partial charge in [0.25, 0.3) is 0 Å². The molecule has 0 aromatic heterocycles. The Morgan fingerprint density at radius 1 is 1.10 bits per heavy atom. The topological polar surface area (TPSA) is 66.0 Å². The number of nitrogens with zero attached hydrogens (tertiary/aromatic N) is 2. The van der Waals surface area contributed by atoms with Gasteiger partial charge in [0.15, 0.2) is 5.96 Å². The van der Waals surface area contributed by atoms with Crippen molar-refractivity contribution in [1.29, 1.82) is 0 Å². The molecule has 0 bridgehead atoms. The lowest BCUT2D eigenvalue weighted by Gasteiger charge is -2.31. The van der Waals surface area contributed by atoms with Crippen LogP contribution < -0.4 is 10.6 Å². The first kappa shape index (κ1) is 21.8. The molecule has 1 aliphatic heterocycles. The molecule has 30 heavy (non-hydrogen) atoms. The lowest BCUT2D eigenvalue weighted by atomic mass is 9.97. The van der Waals surface area contributed by atoms with Crippen molar-refractivity contribution in [2.75, 3.05) is 39.4 Å². The van der Waals surface area contributed by atoms with Crippen molar-refractivity contribution >= 4 is 11.9 Å². The Balaban J connectivity index is 1.72. The van der Waals surface area contributed by atoms with E-state index in [-0.39, 0.29) is 24.2 Å². The van der Waals surface area contributed by atoms with Crippen LogP contribution >= 0.6 is 0 Å². The Labute approximate surface area is 177 Å². The maximum absolute atomic E-state index is 13.9. The molecule has 1 amide bonds. The molecule has 0 saturated carbocycles.